The summed E-state index contributed by atoms with van der Waals surface area (Å²) in [6, 6.07) is 23.3. The molecule has 0 aliphatic rings. The summed E-state index contributed by atoms with van der Waals surface area (Å²) in [5.74, 6) is 0.985. The Labute approximate surface area is 151 Å². The van der Waals surface area contributed by atoms with E-state index in [4.69, 9.17) is 4.74 Å². The van der Waals surface area contributed by atoms with Crippen molar-refractivity contribution in [3.05, 3.63) is 84.4 Å². The normalized spacial score (nSPS) is 10.0. The zero-order chi connectivity index (χ0) is 18.4. The van der Waals surface area contributed by atoms with Gasteiger partial charge in [0.25, 0.3) is 5.91 Å². The highest BCUT2D eigenvalue weighted by Gasteiger charge is 2.07. The summed E-state index contributed by atoms with van der Waals surface area (Å²) in [7, 11) is 0. The van der Waals surface area contributed by atoms with Crippen LogP contribution < -0.4 is 15.4 Å². The molecule has 3 rings (SSSR count). The number of amides is 2. The SMILES string of the molecule is CC(=O)Nc1cccc(NC(=O)c2ccc(Oc3ccccc3)cc2)c1. The molecule has 0 aliphatic carbocycles. The van der Waals surface area contributed by atoms with E-state index in [-0.39, 0.29) is 11.8 Å². The van der Waals surface area contributed by atoms with Gasteiger partial charge in [0.2, 0.25) is 5.91 Å². The Morgan fingerprint density at radius 2 is 1.35 bits per heavy atom. The maximum atomic E-state index is 12.4. The second kappa shape index (κ2) is 7.98. The molecule has 130 valence electrons. The first-order valence-corrected chi connectivity index (χ1v) is 8.12. The van der Waals surface area contributed by atoms with Crippen molar-refractivity contribution >= 4 is 23.2 Å². The van der Waals surface area contributed by atoms with Crippen molar-refractivity contribution < 1.29 is 14.3 Å². The standard InChI is InChI=1S/C21H18N2O3/c1-15(24)22-17-6-5-7-18(14-17)23-21(25)16-10-12-20(13-11-16)26-19-8-3-2-4-9-19/h2-14H,1H3,(H,22,24)(H,23,25). The van der Waals surface area contributed by atoms with Gasteiger partial charge in [-0.2, -0.15) is 0 Å². The molecule has 0 atom stereocenters. The average Bonchev–Trinajstić information content (AvgIpc) is 2.63. The molecule has 5 nitrogen and oxygen atoms in total. The van der Waals surface area contributed by atoms with Crippen LogP contribution >= 0.6 is 0 Å². The number of anilines is 2. The Morgan fingerprint density at radius 3 is 2.00 bits per heavy atom. The lowest BCUT2D eigenvalue weighted by Crippen LogP contribution is -2.12. The fourth-order valence-electron chi connectivity index (χ4n) is 2.38. The van der Waals surface area contributed by atoms with Crippen LogP contribution in [0.15, 0.2) is 78.9 Å². The quantitative estimate of drug-likeness (QED) is 0.704. The highest BCUT2D eigenvalue weighted by atomic mass is 16.5. The van der Waals surface area contributed by atoms with Crippen LogP contribution in [-0.4, -0.2) is 11.8 Å². The van der Waals surface area contributed by atoms with E-state index in [1.807, 2.05) is 30.3 Å². The molecule has 0 aromatic heterocycles. The van der Waals surface area contributed by atoms with Crippen LogP contribution in [0.1, 0.15) is 17.3 Å². The Bertz CT molecular complexity index is 906. The van der Waals surface area contributed by atoms with Crippen molar-refractivity contribution in [2.45, 2.75) is 6.92 Å². The highest BCUT2D eigenvalue weighted by molar-refractivity contribution is 6.04. The molecule has 0 unspecified atom stereocenters. The van der Waals surface area contributed by atoms with Gasteiger partial charge in [0.1, 0.15) is 11.5 Å². The van der Waals surface area contributed by atoms with E-state index in [2.05, 4.69) is 10.6 Å². The summed E-state index contributed by atoms with van der Waals surface area (Å²) in [4.78, 5) is 23.5. The van der Waals surface area contributed by atoms with Gasteiger partial charge in [-0.15, -0.1) is 0 Å². The van der Waals surface area contributed by atoms with E-state index >= 15 is 0 Å². The number of carbonyl (C=O) groups is 2. The van der Waals surface area contributed by atoms with Crippen molar-refractivity contribution in [1.29, 1.82) is 0 Å². The summed E-state index contributed by atoms with van der Waals surface area (Å²) in [6.45, 7) is 1.43. The fraction of sp³-hybridized carbons (Fsp3) is 0.0476. The van der Waals surface area contributed by atoms with Crippen molar-refractivity contribution in [2.75, 3.05) is 10.6 Å². The minimum absolute atomic E-state index is 0.164. The number of benzene rings is 3. The lowest BCUT2D eigenvalue weighted by atomic mass is 10.2. The van der Waals surface area contributed by atoms with Gasteiger partial charge >= 0.3 is 0 Å². The van der Waals surface area contributed by atoms with Crippen LogP contribution in [0.4, 0.5) is 11.4 Å². The molecule has 0 spiro atoms. The third kappa shape index (κ3) is 4.70. The summed E-state index contributed by atoms with van der Waals surface area (Å²) in [5.41, 5.74) is 1.74. The minimum atomic E-state index is -0.240. The lowest BCUT2D eigenvalue weighted by molar-refractivity contribution is -0.114. The van der Waals surface area contributed by atoms with E-state index in [0.29, 0.717) is 22.7 Å². The molecule has 2 N–H and O–H groups in total. The molecule has 0 aliphatic heterocycles. The Balaban J connectivity index is 1.66. The van der Waals surface area contributed by atoms with Gasteiger partial charge < -0.3 is 15.4 Å². The molecule has 0 heterocycles. The third-order valence-corrected chi connectivity index (χ3v) is 3.54. The van der Waals surface area contributed by atoms with Gasteiger partial charge in [-0.1, -0.05) is 24.3 Å². The number of hydrogen-bond acceptors (Lipinski definition) is 3. The van der Waals surface area contributed by atoms with Crippen LogP contribution in [0.3, 0.4) is 0 Å². The second-order valence-corrected chi connectivity index (χ2v) is 5.66. The average molecular weight is 346 g/mol. The van der Waals surface area contributed by atoms with Crippen molar-refractivity contribution in [3.8, 4) is 11.5 Å². The van der Waals surface area contributed by atoms with E-state index in [1.54, 1.807) is 48.5 Å². The van der Waals surface area contributed by atoms with Crippen molar-refractivity contribution in [1.82, 2.24) is 0 Å². The predicted molar refractivity (Wildman–Crippen MR) is 102 cm³/mol. The van der Waals surface area contributed by atoms with Gasteiger partial charge in [0.05, 0.1) is 0 Å². The molecule has 0 radical (unpaired) electrons. The largest absolute Gasteiger partial charge is 0.457 e. The van der Waals surface area contributed by atoms with Crippen LogP contribution in [0.25, 0.3) is 0 Å². The molecule has 0 saturated heterocycles. The lowest BCUT2D eigenvalue weighted by Gasteiger charge is -2.09. The van der Waals surface area contributed by atoms with Crippen molar-refractivity contribution in [3.63, 3.8) is 0 Å². The molecular weight excluding hydrogens is 328 g/mol. The number of ether oxygens (including phenoxy) is 1. The summed E-state index contributed by atoms with van der Waals surface area (Å²) < 4.78 is 5.71. The van der Waals surface area contributed by atoms with Crippen LogP contribution in [0, 0.1) is 0 Å². The van der Waals surface area contributed by atoms with Crippen molar-refractivity contribution in [2.24, 2.45) is 0 Å². The highest BCUT2D eigenvalue weighted by Crippen LogP contribution is 2.22. The van der Waals surface area contributed by atoms with E-state index in [9.17, 15) is 9.59 Å². The minimum Gasteiger partial charge on any atom is -0.457 e. The van der Waals surface area contributed by atoms with E-state index in [0.717, 1.165) is 5.75 Å². The number of hydrogen-bond donors (Lipinski definition) is 2. The number of carbonyl (C=O) groups excluding carboxylic acids is 2. The maximum Gasteiger partial charge on any atom is 0.255 e. The number of rotatable bonds is 5. The smallest absolute Gasteiger partial charge is 0.255 e. The first kappa shape index (κ1) is 17.2. The zero-order valence-electron chi connectivity index (χ0n) is 14.2. The Hall–Kier alpha value is -3.60. The Kier molecular flexibility index (Phi) is 5.29. The predicted octanol–water partition coefficient (Wildman–Crippen LogP) is 4.69. The van der Waals surface area contributed by atoms with E-state index in [1.165, 1.54) is 6.92 Å². The summed E-state index contributed by atoms with van der Waals surface area (Å²) in [5, 5.41) is 5.49. The monoisotopic (exact) mass is 346 g/mol. The molecule has 2 amide bonds. The molecule has 3 aromatic carbocycles. The molecule has 3 aromatic rings. The second-order valence-electron chi connectivity index (χ2n) is 5.66. The van der Waals surface area contributed by atoms with Crippen LogP contribution in [-0.2, 0) is 4.79 Å². The first-order chi connectivity index (χ1) is 12.6. The summed E-state index contributed by atoms with van der Waals surface area (Å²) >= 11 is 0. The van der Waals surface area contributed by atoms with Gasteiger partial charge in [0, 0.05) is 23.9 Å². The summed E-state index contributed by atoms with van der Waals surface area (Å²) in [6.07, 6.45) is 0. The van der Waals surface area contributed by atoms with Gasteiger partial charge in [-0.25, -0.2) is 0 Å². The maximum absolute atomic E-state index is 12.4. The van der Waals surface area contributed by atoms with E-state index < -0.39 is 0 Å². The first-order valence-electron chi connectivity index (χ1n) is 8.12. The molecule has 26 heavy (non-hydrogen) atoms. The topological polar surface area (TPSA) is 67.4 Å². The fourth-order valence-corrected chi connectivity index (χ4v) is 2.38. The Morgan fingerprint density at radius 1 is 0.731 bits per heavy atom. The van der Waals surface area contributed by atoms with Gasteiger partial charge in [-0.3, -0.25) is 9.59 Å². The van der Waals surface area contributed by atoms with Crippen LogP contribution in [0.2, 0.25) is 0 Å². The number of para-hydroxylation sites is 1. The van der Waals surface area contributed by atoms with Gasteiger partial charge in [-0.05, 0) is 54.6 Å². The van der Waals surface area contributed by atoms with Gasteiger partial charge in [0.15, 0.2) is 0 Å². The molecular formula is C21H18N2O3. The zero-order valence-corrected chi connectivity index (χ0v) is 14.2. The number of nitrogens with one attached hydrogen (secondary N) is 2. The molecule has 5 heteroatoms. The molecule has 0 saturated carbocycles. The molecule has 0 fully saturated rings. The molecule has 0 bridgehead atoms. The van der Waals surface area contributed by atoms with Crippen LogP contribution in [0.5, 0.6) is 11.5 Å². The third-order valence-electron chi connectivity index (χ3n) is 3.54.